The summed E-state index contributed by atoms with van der Waals surface area (Å²) >= 11 is 0. The van der Waals surface area contributed by atoms with Gasteiger partial charge in [-0.1, -0.05) is 90.1 Å². The lowest BCUT2D eigenvalue weighted by Gasteiger charge is -2.22. The van der Waals surface area contributed by atoms with E-state index in [0.717, 1.165) is 54.7 Å². The van der Waals surface area contributed by atoms with Gasteiger partial charge in [0.25, 0.3) is 0 Å². The normalized spacial score (nSPS) is 12.7. The lowest BCUT2D eigenvalue weighted by Crippen LogP contribution is -2.19. The zero-order chi connectivity index (χ0) is 22.1. The first kappa shape index (κ1) is 23.5. The van der Waals surface area contributed by atoms with E-state index in [9.17, 15) is 0 Å². The molecule has 0 saturated heterocycles. The minimum Gasteiger partial charge on any atom is -0.473 e. The van der Waals surface area contributed by atoms with E-state index in [1.54, 1.807) is 0 Å². The van der Waals surface area contributed by atoms with E-state index in [1.807, 2.05) is 0 Å². The van der Waals surface area contributed by atoms with Gasteiger partial charge >= 0.3 is 0 Å². The molecule has 0 N–H and O–H groups in total. The summed E-state index contributed by atoms with van der Waals surface area (Å²) < 4.78 is 6.62. The van der Waals surface area contributed by atoms with Crippen molar-refractivity contribution in [3.63, 3.8) is 0 Å². The average molecular weight is 421 g/mol. The van der Waals surface area contributed by atoms with Crippen LogP contribution in [-0.2, 0) is 0 Å². The van der Waals surface area contributed by atoms with Gasteiger partial charge in [0.1, 0.15) is 11.8 Å². The van der Waals surface area contributed by atoms with Crippen LogP contribution in [0.25, 0.3) is 21.8 Å². The summed E-state index contributed by atoms with van der Waals surface area (Å²) in [6.45, 7) is 8.99. The third-order valence-electron chi connectivity index (χ3n) is 6.44. The molecule has 0 aliphatic carbocycles. The molecular weight excluding hydrogens is 380 g/mol. The van der Waals surface area contributed by atoms with Crippen LogP contribution in [0.4, 0.5) is 0 Å². The standard InChI is InChI=1S/C28H40N2O/c1-5-9-10-11-12-17-23(15-6-2)31-28-26(21(7-3)8-4)30-27-24-18-14-13-16-22(24)19-20-25(27)29-28/h13-14,16,18-21,23H,5-12,15,17H2,1-4H3. The van der Waals surface area contributed by atoms with Crippen molar-refractivity contribution in [2.75, 3.05) is 0 Å². The predicted octanol–water partition coefficient (Wildman–Crippen LogP) is 8.59. The molecule has 0 aliphatic rings. The summed E-state index contributed by atoms with van der Waals surface area (Å²) in [7, 11) is 0. The Kier molecular flexibility index (Phi) is 9.12. The smallest absolute Gasteiger partial charge is 0.236 e. The van der Waals surface area contributed by atoms with Gasteiger partial charge in [0.2, 0.25) is 5.88 Å². The van der Waals surface area contributed by atoms with E-state index in [0.29, 0.717) is 5.92 Å². The number of fused-ring (bicyclic) bond motifs is 3. The highest BCUT2D eigenvalue weighted by atomic mass is 16.5. The van der Waals surface area contributed by atoms with Crippen LogP contribution in [0, 0.1) is 0 Å². The minimum atomic E-state index is 0.229. The molecule has 1 aromatic heterocycles. The van der Waals surface area contributed by atoms with Crippen molar-refractivity contribution in [3.8, 4) is 5.88 Å². The summed E-state index contributed by atoms with van der Waals surface area (Å²) in [5, 5.41) is 2.39. The molecule has 31 heavy (non-hydrogen) atoms. The molecule has 1 unspecified atom stereocenters. The van der Waals surface area contributed by atoms with Gasteiger partial charge in [-0.3, -0.25) is 0 Å². The third kappa shape index (κ3) is 5.96. The number of nitrogens with zero attached hydrogens (tertiary/aromatic N) is 2. The van der Waals surface area contributed by atoms with Crippen LogP contribution < -0.4 is 4.74 Å². The Morgan fingerprint density at radius 2 is 1.55 bits per heavy atom. The van der Waals surface area contributed by atoms with Crippen LogP contribution >= 0.6 is 0 Å². The Hall–Kier alpha value is -2.16. The fourth-order valence-corrected chi connectivity index (χ4v) is 4.53. The summed E-state index contributed by atoms with van der Waals surface area (Å²) in [5.74, 6) is 1.14. The summed E-state index contributed by atoms with van der Waals surface area (Å²) in [4.78, 5) is 10.2. The molecule has 0 amide bonds. The molecule has 0 radical (unpaired) electrons. The maximum Gasteiger partial charge on any atom is 0.236 e. The second kappa shape index (κ2) is 12.0. The Bertz CT molecular complexity index is 948. The second-order valence-electron chi connectivity index (χ2n) is 8.81. The number of aromatic nitrogens is 2. The van der Waals surface area contributed by atoms with Crippen molar-refractivity contribution < 1.29 is 4.74 Å². The first-order valence-electron chi connectivity index (χ1n) is 12.6. The number of rotatable bonds is 13. The zero-order valence-electron chi connectivity index (χ0n) is 20.0. The third-order valence-corrected chi connectivity index (χ3v) is 6.44. The highest BCUT2D eigenvalue weighted by Crippen LogP contribution is 2.34. The minimum absolute atomic E-state index is 0.229. The monoisotopic (exact) mass is 420 g/mol. The maximum absolute atomic E-state index is 6.62. The topological polar surface area (TPSA) is 35.0 Å². The van der Waals surface area contributed by atoms with Gasteiger partial charge in [-0.25, -0.2) is 9.97 Å². The molecule has 3 heteroatoms. The summed E-state index contributed by atoms with van der Waals surface area (Å²) in [6.07, 6.45) is 12.1. The van der Waals surface area contributed by atoms with E-state index >= 15 is 0 Å². The Balaban J connectivity index is 1.94. The van der Waals surface area contributed by atoms with E-state index in [4.69, 9.17) is 14.7 Å². The molecule has 3 nitrogen and oxygen atoms in total. The molecule has 2 aromatic carbocycles. The van der Waals surface area contributed by atoms with Crippen LogP contribution in [0.15, 0.2) is 36.4 Å². The van der Waals surface area contributed by atoms with E-state index in [1.165, 1.54) is 42.9 Å². The second-order valence-corrected chi connectivity index (χ2v) is 8.81. The van der Waals surface area contributed by atoms with Crippen LogP contribution in [-0.4, -0.2) is 16.1 Å². The van der Waals surface area contributed by atoms with Crippen LogP contribution in [0.1, 0.15) is 104 Å². The Morgan fingerprint density at radius 1 is 0.774 bits per heavy atom. The molecular formula is C28H40N2O. The number of hydrogen-bond donors (Lipinski definition) is 0. The molecule has 1 heterocycles. The van der Waals surface area contributed by atoms with E-state index in [2.05, 4.69) is 64.1 Å². The van der Waals surface area contributed by atoms with Gasteiger partial charge < -0.3 is 4.74 Å². The van der Waals surface area contributed by atoms with Gasteiger partial charge in [0.05, 0.1) is 11.0 Å². The van der Waals surface area contributed by atoms with Gasteiger partial charge in [0.15, 0.2) is 0 Å². The fraction of sp³-hybridized carbons (Fsp3) is 0.571. The van der Waals surface area contributed by atoms with Crippen LogP contribution in [0.5, 0.6) is 5.88 Å². The highest BCUT2D eigenvalue weighted by molar-refractivity contribution is 6.03. The molecule has 0 spiro atoms. The van der Waals surface area contributed by atoms with Crippen molar-refractivity contribution in [2.45, 2.75) is 104 Å². The van der Waals surface area contributed by atoms with Crippen molar-refractivity contribution in [1.82, 2.24) is 9.97 Å². The lowest BCUT2D eigenvalue weighted by atomic mass is 9.98. The largest absolute Gasteiger partial charge is 0.473 e. The Labute approximate surface area is 188 Å². The Morgan fingerprint density at radius 3 is 2.29 bits per heavy atom. The first-order valence-corrected chi connectivity index (χ1v) is 12.6. The van der Waals surface area contributed by atoms with Crippen LogP contribution in [0.3, 0.4) is 0 Å². The maximum atomic E-state index is 6.62. The summed E-state index contributed by atoms with van der Waals surface area (Å²) in [6, 6.07) is 12.7. The van der Waals surface area contributed by atoms with Crippen molar-refractivity contribution >= 4 is 21.8 Å². The number of unbranched alkanes of at least 4 members (excludes halogenated alkanes) is 4. The molecule has 1 atom stereocenters. The molecule has 0 bridgehead atoms. The van der Waals surface area contributed by atoms with Gasteiger partial charge in [-0.05, 0) is 43.6 Å². The molecule has 168 valence electrons. The van der Waals surface area contributed by atoms with Crippen molar-refractivity contribution in [2.24, 2.45) is 0 Å². The number of benzene rings is 2. The number of hydrogen-bond acceptors (Lipinski definition) is 3. The first-order chi connectivity index (χ1) is 15.2. The molecule has 0 fully saturated rings. The summed E-state index contributed by atoms with van der Waals surface area (Å²) in [5.41, 5.74) is 2.97. The molecule has 3 aromatic rings. The SMILES string of the molecule is CCCCCCCC(CCC)Oc1nc2ccc3ccccc3c2nc1C(CC)CC. The average Bonchev–Trinajstić information content (AvgIpc) is 2.80. The van der Waals surface area contributed by atoms with Gasteiger partial charge in [-0.15, -0.1) is 0 Å². The molecule has 0 aliphatic heterocycles. The van der Waals surface area contributed by atoms with Crippen LogP contribution in [0.2, 0.25) is 0 Å². The van der Waals surface area contributed by atoms with Gasteiger partial charge in [-0.2, -0.15) is 0 Å². The van der Waals surface area contributed by atoms with Crippen molar-refractivity contribution in [3.05, 3.63) is 42.1 Å². The quantitative estimate of drug-likeness (QED) is 0.205. The van der Waals surface area contributed by atoms with E-state index < -0.39 is 0 Å². The molecule has 3 rings (SSSR count). The number of ether oxygens (including phenoxy) is 1. The lowest BCUT2D eigenvalue weighted by molar-refractivity contribution is 0.165. The van der Waals surface area contributed by atoms with Crippen molar-refractivity contribution in [1.29, 1.82) is 0 Å². The zero-order valence-corrected chi connectivity index (χ0v) is 20.0. The highest BCUT2D eigenvalue weighted by Gasteiger charge is 2.21. The fourth-order valence-electron chi connectivity index (χ4n) is 4.53. The predicted molar refractivity (Wildman–Crippen MR) is 133 cm³/mol. The molecule has 0 saturated carbocycles. The van der Waals surface area contributed by atoms with E-state index in [-0.39, 0.29) is 6.10 Å². The van der Waals surface area contributed by atoms with Gasteiger partial charge in [0, 0.05) is 11.3 Å².